The molecule has 248 valence electrons. The monoisotopic (exact) mass is 659 g/mol. The molecule has 47 heavy (non-hydrogen) atoms. The lowest BCUT2D eigenvalue weighted by molar-refractivity contribution is -0.143. The van der Waals surface area contributed by atoms with Crippen molar-refractivity contribution in [3.8, 4) is 28.3 Å². The van der Waals surface area contributed by atoms with E-state index in [1.54, 1.807) is 12.3 Å². The molecule has 0 N–H and O–H groups in total. The van der Waals surface area contributed by atoms with Crippen LogP contribution in [0, 0.1) is 6.92 Å². The van der Waals surface area contributed by atoms with E-state index >= 15 is 0 Å². The number of alkyl halides is 6. The van der Waals surface area contributed by atoms with Gasteiger partial charge in [-0.25, -0.2) is 14.8 Å². The van der Waals surface area contributed by atoms with Crippen LogP contribution in [-0.2, 0) is 30.7 Å². The fourth-order valence-corrected chi connectivity index (χ4v) is 5.86. The van der Waals surface area contributed by atoms with Gasteiger partial charge in [0.2, 0.25) is 0 Å². The van der Waals surface area contributed by atoms with Crippen LogP contribution < -0.4 is 9.64 Å². The van der Waals surface area contributed by atoms with E-state index in [-0.39, 0.29) is 12.6 Å². The van der Waals surface area contributed by atoms with Crippen molar-refractivity contribution in [3.05, 3.63) is 82.8 Å². The lowest BCUT2D eigenvalue weighted by Gasteiger charge is -2.33. The maximum atomic E-state index is 13.6. The van der Waals surface area contributed by atoms with Crippen molar-refractivity contribution in [3.63, 3.8) is 0 Å². The van der Waals surface area contributed by atoms with E-state index in [4.69, 9.17) is 14.5 Å². The number of benzene rings is 2. The summed E-state index contributed by atoms with van der Waals surface area (Å²) in [6.07, 6.45) is -9.62. The summed E-state index contributed by atoms with van der Waals surface area (Å²) >= 11 is 0. The van der Waals surface area contributed by atoms with Crippen molar-refractivity contribution in [2.45, 2.75) is 51.3 Å². The van der Waals surface area contributed by atoms with Gasteiger partial charge >= 0.3 is 18.4 Å². The van der Waals surface area contributed by atoms with E-state index in [9.17, 15) is 31.1 Å². The third-order valence-electron chi connectivity index (χ3n) is 8.76. The zero-order valence-electron chi connectivity index (χ0n) is 25.9. The Morgan fingerprint density at radius 2 is 1.64 bits per heavy atom. The van der Waals surface area contributed by atoms with Gasteiger partial charge in [0, 0.05) is 48.7 Å². The van der Waals surface area contributed by atoms with Gasteiger partial charge in [-0.1, -0.05) is 0 Å². The summed E-state index contributed by atoms with van der Waals surface area (Å²) in [6, 6.07) is 9.62. The average molecular weight is 660 g/mol. The summed E-state index contributed by atoms with van der Waals surface area (Å²) in [5.74, 6) is 1.92. The number of pyridine rings is 1. The number of nitrogens with zero attached hydrogens (tertiary/aromatic N) is 5. The van der Waals surface area contributed by atoms with Crippen molar-refractivity contribution in [2.75, 3.05) is 25.1 Å². The molecule has 2 aromatic heterocycles. The Morgan fingerprint density at radius 3 is 2.19 bits per heavy atom. The van der Waals surface area contributed by atoms with Crippen LogP contribution in [0.5, 0.6) is 5.75 Å². The van der Waals surface area contributed by atoms with E-state index < -0.39 is 47.3 Å². The number of carbonyl (C=O) groups is 1. The van der Waals surface area contributed by atoms with E-state index in [1.165, 1.54) is 18.9 Å². The number of ether oxygens (including phenoxy) is 2. The van der Waals surface area contributed by atoms with Crippen LogP contribution in [0.4, 0.5) is 37.0 Å². The van der Waals surface area contributed by atoms with E-state index in [2.05, 4.69) is 9.88 Å². The largest absolute Gasteiger partial charge is 0.496 e. The molecule has 4 heterocycles. The maximum absolute atomic E-state index is 13.6. The number of carbonyl (C=O) groups excluding carboxylic acids is 1. The molecule has 6 rings (SSSR count). The zero-order chi connectivity index (χ0) is 33.8. The Morgan fingerprint density at radius 1 is 0.957 bits per heavy atom. The molecule has 2 fully saturated rings. The first-order chi connectivity index (χ1) is 22.2. The summed E-state index contributed by atoms with van der Waals surface area (Å²) in [7, 11) is 3.43. The molecule has 2 aliphatic rings. The molecule has 0 spiro atoms. The van der Waals surface area contributed by atoms with Crippen LogP contribution in [0.2, 0.25) is 0 Å². The van der Waals surface area contributed by atoms with Crippen LogP contribution in [-0.4, -0.2) is 51.8 Å². The topological polar surface area (TPSA) is 72.7 Å². The number of hydrogen-bond acceptors (Lipinski definition) is 6. The summed E-state index contributed by atoms with van der Waals surface area (Å²) in [4.78, 5) is 26.0. The molecule has 0 aliphatic carbocycles. The molecule has 1 amide bonds. The quantitative estimate of drug-likeness (QED) is 0.189. The third-order valence-corrected chi connectivity index (χ3v) is 8.76. The number of methoxy groups -OCH3 is 1. The SMILES string of the molecule is COc1ccc(-c2ncc(C)n2C)cc1-c1ccc(N2CCC2)nc1CN1C(=O)OC(c2cc(C(F)(F)F)cc(C(F)(F)F)c2)[C@@H]1C. The molecule has 8 nitrogen and oxygen atoms in total. The molecular formula is C33H31F6N5O3. The van der Waals surface area contributed by atoms with Crippen LogP contribution in [0.1, 0.15) is 47.5 Å². The second-order valence-electron chi connectivity index (χ2n) is 11.7. The van der Waals surface area contributed by atoms with Crippen molar-refractivity contribution in [2.24, 2.45) is 7.05 Å². The molecular weight excluding hydrogens is 628 g/mol. The first-order valence-corrected chi connectivity index (χ1v) is 14.8. The molecule has 2 saturated heterocycles. The number of amides is 1. The fourth-order valence-electron chi connectivity index (χ4n) is 5.86. The lowest BCUT2D eigenvalue weighted by Crippen LogP contribution is -2.38. The van der Waals surface area contributed by atoms with Crippen molar-refractivity contribution < 1.29 is 40.6 Å². The number of halogens is 6. The highest BCUT2D eigenvalue weighted by Gasteiger charge is 2.43. The molecule has 0 saturated carbocycles. The minimum Gasteiger partial charge on any atom is -0.496 e. The molecule has 0 radical (unpaired) electrons. The fraction of sp³-hybridized carbons (Fsp3) is 0.364. The van der Waals surface area contributed by atoms with Gasteiger partial charge in [0.1, 0.15) is 23.5 Å². The maximum Gasteiger partial charge on any atom is 0.416 e. The first kappa shape index (κ1) is 32.2. The molecule has 0 bridgehead atoms. The van der Waals surface area contributed by atoms with Crippen LogP contribution in [0.25, 0.3) is 22.5 Å². The highest BCUT2D eigenvalue weighted by molar-refractivity contribution is 5.79. The Kier molecular flexibility index (Phi) is 8.09. The van der Waals surface area contributed by atoms with E-state index in [0.29, 0.717) is 40.5 Å². The van der Waals surface area contributed by atoms with Crippen molar-refractivity contribution in [1.82, 2.24) is 19.4 Å². The standard InChI is InChI=1S/C33H31F6N5O3/c1-18-16-40-30(42(18)3)20-6-8-27(46-4)25(14-20)24-7-9-28(43-10-5-11-43)41-26(24)17-44-19(2)29(47-31(44)45)21-12-22(32(34,35)36)15-23(13-21)33(37,38)39/h6-9,12-16,19,29H,5,10-11,17H2,1-4H3/t19-,29?/m0/s1. The molecule has 2 aromatic carbocycles. The molecule has 14 heteroatoms. The van der Waals surface area contributed by atoms with Gasteiger partial charge in [-0.15, -0.1) is 0 Å². The molecule has 4 aromatic rings. The minimum absolute atomic E-state index is 0.0496. The lowest BCUT2D eigenvalue weighted by atomic mass is 9.96. The Bertz CT molecular complexity index is 1800. The summed E-state index contributed by atoms with van der Waals surface area (Å²) in [5, 5.41) is 0. The number of hydrogen-bond donors (Lipinski definition) is 0. The van der Waals surface area contributed by atoms with Gasteiger partial charge in [-0.05, 0) is 74.4 Å². The van der Waals surface area contributed by atoms with Gasteiger partial charge < -0.3 is 18.9 Å². The van der Waals surface area contributed by atoms with Gasteiger partial charge in [0.05, 0.1) is 36.5 Å². The number of imidazole rings is 1. The minimum atomic E-state index is -5.04. The second-order valence-corrected chi connectivity index (χ2v) is 11.7. The van der Waals surface area contributed by atoms with Gasteiger partial charge in [-0.3, -0.25) is 4.90 Å². The van der Waals surface area contributed by atoms with Gasteiger partial charge in [-0.2, -0.15) is 26.3 Å². The van der Waals surface area contributed by atoms with Crippen molar-refractivity contribution >= 4 is 11.9 Å². The highest BCUT2D eigenvalue weighted by atomic mass is 19.4. The van der Waals surface area contributed by atoms with Crippen molar-refractivity contribution in [1.29, 1.82) is 0 Å². The summed E-state index contributed by atoms with van der Waals surface area (Å²) in [5.41, 5.74) is 0.123. The Hall–Kier alpha value is -4.75. The molecule has 1 unspecified atom stereocenters. The van der Waals surface area contributed by atoms with E-state index in [0.717, 1.165) is 36.6 Å². The smallest absolute Gasteiger partial charge is 0.416 e. The highest BCUT2D eigenvalue weighted by Crippen LogP contribution is 2.42. The first-order valence-electron chi connectivity index (χ1n) is 14.8. The predicted molar refractivity (Wildman–Crippen MR) is 161 cm³/mol. The summed E-state index contributed by atoms with van der Waals surface area (Å²) in [6.45, 7) is 4.92. The molecule has 2 atom stereocenters. The zero-order valence-corrected chi connectivity index (χ0v) is 25.9. The Labute approximate surface area is 266 Å². The van der Waals surface area contributed by atoms with Gasteiger partial charge in [0.15, 0.2) is 0 Å². The number of aryl methyl sites for hydroxylation is 1. The molecule has 2 aliphatic heterocycles. The van der Waals surface area contributed by atoms with Crippen LogP contribution in [0.15, 0.2) is 54.7 Å². The Balaban J connectivity index is 1.40. The van der Waals surface area contributed by atoms with Crippen LogP contribution >= 0.6 is 0 Å². The average Bonchev–Trinajstić information content (AvgIpc) is 3.47. The normalized spacial score (nSPS) is 18.4. The number of rotatable bonds is 7. The van der Waals surface area contributed by atoms with E-state index in [1.807, 2.05) is 42.8 Å². The van der Waals surface area contributed by atoms with Crippen LogP contribution in [0.3, 0.4) is 0 Å². The van der Waals surface area contributed by atoms with Gasteiger partial charge in [0.25, 0.3) is 0 Å². The number of cyclic esters (lactones) is 1. The number of aromatic nitrogens is 3. The second kappa shape index (κ2) is 11.8. The number of anilines is 1. The third kappa shape index (κ3) is 6.08. The summed E-state index contributed by atoms with van der Waals surface area (Å²) < 4.78 is 94.8. The predicted octanol–water partition coefficient (Wildman–Crippen LogP) is 7.80.